The molecule has 2 heterocycles. The van der Waals surface area contributed by atoms with Gasteiger partial charge in [0.25, 0.3) is 0 Å². The molecular formula is C15H22BrN5. The van der Waals surface area contributed by atoms with Crippen LogP contribution in [0.25, 0.3) is 0 Å². The molecule has 114 valence electrons. The summed E-state index contributed by atoms with van der Waals surface area (Å²) < 4.78 is 3.07. The van der Waals surface area contributed by atoms with Gasteiger partial charge in [-0.3, -0.25) is 9.67 Å². The third-order valence-electron chi connectivity index (χ3n) is 3.51. The van der Waals surface area contributed by atoms with Crippen molar-refractivity contribution in [3.05, 3.63) is 46.0 Å². The zero-order valence-electron chi connectivity index (χ0n) is 13.0. The Hall–Kier alpha value is -1.24. The molecule has 1 atom stereocenters. The van der Waals surface area contributed by atoms with Crippen LogP contribution in [-0.4, -0.2) is 47.4 Å². The highest BCUT2D eigenvalue weighted by Crippen LogP contribution is 2.29. The normalized spacial score (nSPS) is 12.9. The molecular weight excluding hydrogens is 330 g/mol. The molecule has 6 heteroatoms. The fourth-order valence-corrected chi connectivity index (χ4v) is 2.90. The number of aromatic nitrogens is 3. The number of halogens is 1. The Morgan fingerprint density at radius 3 is 2.81 bits per heavy atom. The number of hydrogen-bond donors (Lipinski definition) is 1. The SMILES string of the molecule is CNC(c1cccnc1C)c1c(Br)cnn1CCN(C)C. The standard InChI is InChI=1S/C15H22BrN5/c1-11-12(6-5-7-18-11)14(17-2)15-13(16)10-19-21(15)9-8-20(3)4/h5-7,10,14,17H,8-9H2,1-4H3. The van der Waals surface area contributed by atoms with Crippen LogP contribution in [0.3, 0.4) is 0 Å². The van der Waals surface area contributed by atoms with E-state index < -0.39 is 0 Å². The van der Waals surface area contributed by atoms with Gasteiger partial charge >= 0.3 is 0 Å². The second kappa shape index (κ2) is 7.15. The summed E-state index contributed by atoms with van der Waals surface area (Å²) >= 11 is 3.63. The molecule has 2 aromatic rings. The monoisotopic (exact) mass is 351 g/mol. The van der Waals surface area contributed by atoms with Crippen LogP contribution in [0.2, 0.25) is 0 Å². The zero-order valence-corrected chi connectivity index (χ0v) is 14.6. The molecule has 0 bridgehead atoms. The Morgan fingerprint density at radius 2 is 2.19 bits per heavy atom. The van der Waals surface area contributed by atoms with Crippen LogP contribution in [0, 0.1) is 6.92 Å². The third kappa shape index (κ3) is 3.70. The van der Waals surface area contributed by atoms with Crippen molar-refractivity contribution in [3.8, 4) is 0 Å². The smallest absolute Gasteiger partial charge is 0.0775 e. The molecule has 0 spiro atoms. The number of nitrogens with zero attached hydrogens (tertiary/aromatic N) is 4. The van der Waals surface area contributed by atoms with Crippen molar-refractivity contribution < 1.29 is 0 Å². The highest BCUT2D eigenvalue weighted by molar-refractivity contribution is 9.10. The fraction of sp³-hybridized carbons (Fsp3) is 0.467. The Bertz CT molecular complexity index is 593. The van der Waals surface area contributed by atoms with E-state index in [0.717, 1.165) is 29.0 Å². The zero-order chi connectivity index (χ0) is 15.4. The van der Waals surface area contributed by atoms with Gasteiger partial charge in [-0.25, -0.2) is 0 Å². The van der Waals surface area contributed by atoms with Crippen molar-refractivity contribution in [2.24, 2.45) is 0 Å². The molecule has 2 rings (SSSR count). The number of rotatable bonds is 6. The lowest BCUT2D eigenvalue weighted by Gasteiger charge is -2.21. The maximum atomic E-state index is 4.49. The van der Waals surface area contributed by atoms with Crippen molar-refractivity contribution in [2.75, 3.05) is 27.7 Å². The second-order valence-electron chi connectivity index (χ2n) is 5.30. The van der Waals surface area contributed by atoms with Gasteiger partial charge in [0.2, 0.25) is 0 Å². The fourth-order valence-electron chi connectivity index (χ4n) is 2.37. The Kier molecular flexibility index (Phi) is 5.50. The van der Waals surface area contributed by atoms with E-state index in [-0.39, 0.29) is 6.04 Å². The summed E-state index contributed by atoms with van der Waals surface area (Å²) in [6.07, 6.45) is 3.69. The molecule has 21 heavy (non-hydrogen) atoms. The minimum atomic E-state index is 0.0673. The minimum Gasteiger partial charge on any atom is -0.308 e. The van der Waals surface area contributed by atoms with Gasteiger partial charge in [-0.2, -0.15) is 5.10 Å². The molecule has 2 aromatic heterocycles. The summed E-state index contributed by atoms with van der Waals surface area (Å²) in [5.74, 6) is 0. The van der Waals surface area contributed by atoms with E-state index in [9.17, 15) is 0 Å². The summed E-state index contributed by atoms with van der Waals surface area (Å²) in [6, 6.07) is 4.15. The molecule has 0 saturated carbocycles. The van der Waals surface area contributed by atoms with Crippen LogP contribution in [0.15, 0.2) is 29.0 Å². The Labute approximate surface area is 134 Å². The number of nitrogens with one attached hydrogen (secondary N) is 1. The third-order valence-corrected chi connectivity index (χ3v) is 4.12. The van der Waals surface area contributed by atoms with Crippen molar-refractivity contribution in [2.45, 2.75) is 19.5 Å². The van der Waals surface area contributed by atoms with Gasteiger partial charge < -0.3 is 10.2 Å². The van der Waals surface area contributed by atoms with Gasteiger partial charge in [0.1, 0.15) is 0 Å². The van der Waals surface area contributed by atoms with Crippen LogP contribution in [-0.2, 0) is 6.54 Å². The maximum absolute atomic E-state index is 4.49. The average molecular weight is 352 g/mol. The Balaban J connectivity index is 2.38. The van der Waals surface area contributed by atoms with Gasteiger partial charge in [-0.1, -0.05) is 6.07 Å². The summed E-state index contributed by atoms with van der Waals surface area (Å²) in [5, 5.41) is 7.88. The number of likely N-dealkylation sites (N-methyl/N-ethyl adjacent to an activating group) is 1. The van der Waals surface area contributed by atoms with Crippen molar-refractivity contribution >= 4 is 15.9 Å². The van der Waals surface area contributed by atoms with Crippen molar-refractivity contribution in [1.82, 2.24) is 25.0 Å². The van der Waals surface area contributed by atoms with E-state index in [0.29, 0.717) is 0 Å². The lowest BCUT2D eigenvalue weighted by atomic mass is 10.0. The van der Waals surface area contributed by atoms with Crippen LogP contribution >= 0.6 is 15.9 Å². The van der Waals surface area contributed by atoms with E-state index >= 15 is 0 Å². The van der Waals surface area contributed by atoms with Crippen LogP contribution in [0.1, 0.15) is 23.0 Å². The largest absolute Gasteiger partial charge is 0.308 e. The highest BCUT2D eigenvalue weighted by atomic mass is 79.9. The quantitative estimate of drug-likeness (QED) is 0.866. The van der Waals surface area contributed by atoms with E-state index in [4.69, 9.17) is 0 Å². The number of pyridine rings is 1. The average Bonchev–Trinajstić information content (AvgIpc) is 2.81. The molecule has 0 amide bonds. The highest BCUT2D eigenvalue weighted by Gasteiger charge is 2.22. The van der Waals surface area contributed by atoms with Crippen LogP contribution in [0.4, 0.5) is 0 Å². The first-order valence-electron chi connectivity index (χ1n) is 6.99. The lowest BCUT2D eigenvalue weighted by Crippen LogP contribution is -2.26. The van der Waals surface area contributed by atoms with E-state index in [2.05, 4.69) is 61.1 Å². The topological polar surface area (TPSA) is 46.0 Å². The molecule has 0 aliphatic carbocycles. The summed E-state index contributed by atoms with van der Waals surface area (Å²) in [7, 11) is 6.10. The Morgan fingerprint density at radius 1 is 1.43 bits per heavy atom. The predicted octanol–water partition coefficient (Wildman–Crippen LogP) is 2.22. The predicted molar refractivity (Wildman–Crippen MR) is 88.4 cm³/mol. The van der Waals surface area contributed by atoms with Gasteiger partial charge in [-0.05, 0) is 55.6 Å². The summed E-state index contributed by atoms with van der Waals surface area (Å²) in [6.45, 7) is 3.84. The second-order valence-corrected chi connectivity index (χ2v) is 6.16. The molecule has 0 saturated heterocycles. The van der Waals surface area contributed by atoms with Crippen LogP contribution < -0.4 is 5.32 Å². The molecule has 0 radical (unpaired) electrons. The minimum absolute atomic E-state index is 0.0673. The first-order valence-corrected chi connectivity index (χ1v) is 7.78. The van der Waals surface area contributed by atoms with Gasteiger partial charge in [0.05, 0.1) is 29.0 Å². The number of hydrogen-bond acceptors (Lipinski definition) is 4. The van der Waals surface area contributed by atoms with Gasteiger partial charge in [-0.15, -0.1) is 0 Å². The van der Waals surface area contributed by atoms with Gasteiger partial charge in [0, 0.05) is 18.4 Å². The molecule has 1 unspecified atom stereocenters. The van der Waals surface area contributed by atoms with E-state index in [1.54, 1.807) is 0 Å². The number of aryl methyl sites for hydroxylation is 1. The summed E-state index contributed by atoms with van der Waals surface area (Å²) in [5.41, 5.74) is 3.34. The molecule has 0 aromatic carbocycles. The molecule has 1 N–H and O–H groups in total. The van der Waals surface area contributed by atoms with Crippen molar-refractivity contribution in [3.63, 3.8) is 0 Å². The maximum Gasteiger partial charge on any atom is 0.0775 e. The first-order chi connectivity index (χ1) is 10.0. The summed E-state index contributed by atoms with van der Waals surface area (Å²) in [4.78, 5) is 6.55. The van der Waals surface area contributed by atoms with Crippen LogP contribution in [0.5, 0.6) is 0 Å². The molecule has 5 nitrogen and oxygen atoms in total. The molecule has 0 aliphatic heterocycles. The lowest BCUT2D eigenvalue weighted by molar-refractivity contribution is 0.366. The van der Waals surface area contributed by atoms with E-state index in [1.165, 1.54) is 5.56 Å². The van der Waals surface area contributed by atoms with Gasteiger partial charge in [0.15, 0.2) is 0 Å². The first kappa shape index (κ1) is 16.1. The van der Waals surface area contributed by atoms with E-state index in [1.807, 2.05) is 32.4 Å². The molecule has 0 fully saturated rings. The van der Waals surface area contributed by atoms with Crippen molar-refractivity contribution in [1.29, 1.82) is 0 Å². The molecule has 0 aliphatic rings.